The van der Waals surface area contributed by atoms with Gasteiger partial charge in [-0.1, -0.05) is 12.2 Å². The van der Waals surface area contributed by atoms with Crippen molar-refractivity contribution in [2.24, 2.45) is 23.2 Å². The lowest BCUT2D eigenvalue weighted by Gasteiger charge is -2.33. The normalized spacial score (nSPS) is 43.8. The summed E-state index contributed by atoms with van der Waals surface area (Å²) in [6.45, 7) is 2.04. The summed E-state index contributed by atoms with van der Waals surface area (Å²) in [4.78, 5) is 12.4. The molecule has 5 heteroatoms. The van der Waals surface area contributed by atoms with E-state index < -0.39 is 24.4 Å². The van der Waals surface area contributed by atoms with E-state index in [9.17, 15) is 13.6 Å². The van der Waals surface area contributed by atoms with Gasteiger partial charge in [-0.25, -0.2) is 8.78 Å². The molecule has 0 saturated heterocycles. The van der Waals surface area contributed by atoms with E-state index in [1.807, 2.05) is 6.92 Å². The molecule has 138 valence electrons. The van der Waals surface area contributed by atoms with Gasteiger partial charge in [0.15, 0.2) is 0 Å². The highest BCUT2D eigenvalue weighted by atomic mass is 19.1. The molecule has 0 N–H and O–H groups in total. The van der Waals surface area contributed by atoms with Gasteiger partial charge < -0.3 is 4.74 Å². The maximum absolute atomic E-state index is 13.8. The molecule has 3 aliphatic carbocycles. The highest BCUT2D eigenvalue weighted by Gasteiger charge is 2.54. The van der Waals surface area contributed by atoms with E-state index in [-0.39, 0.29) is 24.7 Å². The fourth-order valence-corrected chi connectivity index (χ4v) is 4.74. The molecule has 0 heterocycles. The topological polar surface area (TPSA) is 50.1 Å². The molecule has 25 heavy (non-hydrogen) atoms. The molecule has 3 nitrogen and oxygen atoms in total. The minimum Gasteiger partial charge on any atom is -0.462 e. The molecule has 0 aliphatic heterocycles. The average molecular weight is 351 g/mol. The number of esters is 1. The van der Waals surface area contributed by atoms with Crippen LogP contribution in [-0.2, 0) is 9.53 Å². The van der Waals surface area contributed by atoms with Crippen LogP contribution in [0.1, 0.15) is 58.3 Å². The maximum Gasteiger partial charge on any atom is 0.309 e. The minimum atomic E-state index is -1.56. The Bertz CT molecular complexity index is 551. The zero-order valence-electron chi connectivity index (χ0n) is 14.8. The first-order valence-electron chi connectivity index (χ1n) is 9.48. The fraction of sp³-hybridized carbons (Fsp3) is 0.800. The first-order valence-corrected chi connectivity index (χ1v) is 9.48. The van der Waals surface area contributed by atoms with Gasteiger partial charge in [-0.2, -0.15) is 5.26 Å². The minimum absolute atomic E-state index is 0.0630. The number of carbonyl (C=O) groups is 1. The number of hydrogen-bond acceptors (Lipinski definition) is 3. The Kier molecular flexibility index (Phi) is 5.46. The van der Waals surface area contributed by atoms with Crippen molar-refractivity contribution < 1.29 is 18.3 Å². The molecule has 3 unspecified atom stereocenters. The Morgan fingerprint density at radius 3 is 2.48 bits per heavy atom. The molecule has 0 aromatic carbocycles. The van der Waals surface area contributed by atoms with Crippen LogP contribution in [-0.4, -0.2) is 24.4 Å². The molecule has 0 aromatic heterocycles. The second-order valence-electron chi connectivity index (χ2n) is 8.06. The second-order valence-corrected chi connectivity index (χ2v) is 8.06. The maximum atomic E-state index is 13.8. The third kappa shape index (κ3) is 3.88. The summed E-state index contributed by atoms with van der Waals surface area (Å²) >= 11 is 0. The number of rotatable bonds is 4. The smallest absolute Gasteiger partial charge is 0.309 e. The summed E-state index contributed by atoms with van der Waals surface area (Å²) in [6.07, 6.45) is 6.45. The molecule has 3 saturated carbocycles. The van der Waals surface area contributed by atoms with Crippen LogP contribution in [0.4, 0.5) is 8.78 Å². The van der Waals surface area contributed by atoms with Crippen molar-refractivity contribution in [2.75, 3.05) is 0 Å². The average Bonchev–Trinajstić information content (AvgIpc) is 3.25. The van der Waals surface area contributed by atoms with Crippen LogP contribution < -0.4 is 0 Å². The number of alkyl halides is 2. The quantitative estimate of drug-likeness (QED) is 0.546. The zero-order valence-corrected chi connectivity index (χ0v) is 14.8. The number of nitrogens with zero attached hydrogens (tertiary/aromatic N) is 1. The van der Waals surface area contributed by atoms with E-state index >= 15 is 0 Å². The lowest BCUT2D eigenvalue weighted by molar-refractivity contribution is -0.160. The Balaban J connectivity index is 1.45. The summed E-state index contributed by atoms with van der Waals surface area (Å²) < 4.78 is 33.1. The molecule has 1 spiro atoms. The van der Waals surface area contributed by atoms with Crippen LogP contribution in [0.2, 0.25) is 0 Å². The third-order valence-corrected chi connectivity index (χ3v) is 6.52. The summed E-state index contributed by atoms with van der Waals surface area (Å²) in [7, 11) is 0. The van der Waals surface area contributed by atoms with Gasteiger partial charge in [-0.3, -0.25) is 4.79 Å². The van der Waals surface area contributed by atoms with Crippen molar-refractivity contribution in [2.45, 2.75) is 76.7 Å². The van der Waals surface area contributed by atoms with Crippen molar-refractivity contribution in [3.8, 4) is 6.07 Å². The molecule has 3 atom stereocenters. The molecule has 3 aliphatic rings. The number of carbonyl (C=O) groups excluding carboxylic acids is 1. The summed E-state index contributed by atoms with van der Waals surface area (Å²) in [5, 5.41) is 8.79. The number of nitriles is 1. The van der Waals surface area contributed by atoms with E-state index in [1.165, 1.54) is 6.42 Å². The van der Waals surface area contributed by atoms with Gasteiger partial charge in [0.25, 0.3) is 0 Å². The molecule has 3 fully saturated rings. The number of allylic oxidation sites excluding steroid dienone is 2. The summed E-state index contributed by atoms with van der Waals surface area (Å²) in [6, 6.07) is 1.68. The van der Waals surface area contributed by atoms with Gasteiger partial charge in [-0.05, 0) is 56.8 Å². The Labute approximate surface area is 148 Å². The number of ether oxygens (including phenoxy) is 1. The number of hydrogen-bond donors (Lipinski definition) is 0. The van der Waals surface area contributed by atoms with Gasteiger partial charge in [-0.15, -0.1) is 0 Å². The van der Waals surface area contributed by atoms with Crippen molar-refractivity contribution in [3.63, 3.8) is 0 Å². The molecule has 0 amide bonds. The Morgan fingerprint density at radius 1 is 1.28 bits per heavy atom. The molecular weight excluding hydrogens is 324 g/mol. The predicted octanol–water partition coefficient (Wildman–Crippen LogP) is 4.67. The van der Waals surface area contributed by atoms with E-state index in [1.54, 1.807) is 6.07 Å². The Hall–Kier alpha value is -1.44. The monoisotopic (exact) mass is 351 g/mol. The predicted molar refractivity (Wildman–Crippen MR) is 89.9 cm³/mol. The zero-order chi connectivity index (χ0) is 18.0. The Morgan fingerprint density at radius 2 is 1.92 bits per heavy atom. The van der Waals surface area contributed by atoms with E-state index in [2.05, 4.69) is 12.2 Å². The van der Waals surface area contributed by atoms with Gasteiger partial charge in [0, 0.05) is 12.8 Å². The van der Waals surface area contributed by atoms with Crippen LogP contribution in [0.15, 0.2) is 12.2 Å². The lowest BCUT2D eigenvalue weighted by atomic mass is 9.78. The van der Waals surface area contributed by atoms with Crippen molar-refractivity contribution in [1.82, 2.24) is 0 Å². The van der Waals surface area contributed by atoms with Crippen molar-refractivity contribution >= 4 is 5.97 Å². The van der Waals surface area contributed by atoms with Gasteiger partial charge in [0.1, 0.15) is 24.4 Å². The van der Waals surface area contributed by atoms with Crippen LogP contribution in [0.3, 0.4) is 0 Å². The lowest BCUT2D eigenvalue weighted by Crippen LogP contribution is -2.40. The van der Waals surface area contributed by atoms with Gasteiger partial charge >= 0.3 is 5.97 Å². The molecule has 3 rings (SSSR count). The first kappa shape index (κ1) is 18.4. The van der Waals surface area contributed by atoms with Crippen molar-refractivity contribution in [3.05, 3.63) is 12.2 Å². The largest absolute Gasteiger partial charge is 0.462 e. The third-order valence-electron chi connectivity index (χ3n) is 6.52. The summed E-state index contributed by atoms with van der Waals surface area (Å²) in [5.74, 6) is -0.923. The SMILES string of the molecule is C/C=C/CC1CC12CCC(C(=O)OC1CC(F)C(C#N)C(F)C1)CC2. The highest BCUT2D eigenvalue weighted by Crippen LogP contribution is 2.63. The van der Waals surface area contributed by atoms with Gasteiger partial charge in [0.05, 0.1) is 12.0 Å². The summed E-state index contributed by atoms with van der Waals surface area (Å²) in [5.41, 5.74) is 0.426. The molecule has 0 radical (unpaired) electrons. The molecular formula is C20H27F2NO2. The number of halogens is 2. The molecule has 0 bridgehead atoms. The highest BCUT2D eigenvalue weighted by molar-refractivity contribution is 5.72. The molecule has 0 aromatic rings. The van der Waals surface area contributed by atoms with Gasteiger partial charge in [0.2, 0.25) is 0 Å². The fourth-order valence-electron chi connectivity index (χ4n) is 4.74. The van der Waals surface area contributed by atoms with E-state index in [0.29, 0.717) is 5.41 Å². The van der Waals surface area contributed by atoms with E-state index in [4.69, 9.17) is 10.00 Å². The van der Waals surface area contributed by atoms with Crippen LogP contribution in [0.5, 0.6) is 0 Å². The van der Waals surface area contributed by atoms with Crippen molar-refractivity contribution in [1.29, 1.82) is 5.26 Å². The van der Waals surface area contributed by atoms with E-state index in [0.717, 1.165) is 38.0 Å². The standard InChI is InChI=1S/C20H27F2NO2/c1-2-3-4-14-11-20(14)7-5-13(6-8-20)19(24)25-15-9-17(21)16(12-23)18(22)10-15/h2-3,13-18H,4-11H2,1H3/b3-2+. The van der Waals surface area contributed by atoms with Crippen LogP contribution in [0.25, 0.3) is 0 Å². The van der Waals surface area contributed by atoms with Crippen LogP contribution >= 0.6 is 0 Å². The second kappa shape index (κ2) is 7.43. The first-order chi connectivity index (χ1) is 12.0. The van der Waals surface area contributed by atoms with Crippen LogP contribution in [0, 0.1) is 34.5 Å².